The van der Waals surface area contributed by atoms with Gasteiger partial charge in [0.2, 0.25) is 0 Å². The predicted molar refractivity (Wildman–Crippen MR) is 69.3 cm³/mol. The molecule has 0 aliphatic heterocycles. The summed E-state index contributed by atoms with van der Waals surface area (Å²) in [6, 6.07) is 24.8. The van der Waals surface area contributed by atoms with Crippen molar-refractivity contribution in [2.24, 2.45) is 0 Å². The fourth-order valence-electron chi connectivity index (χ4n) is 1.81. The van der Waals surface area contributed by atoms with Crippen molar-refractivity contribution in [3.63, 3.8) is 0 Å². The molecule has 3 aromatic carbocycles. The van der Waals surface area contributed by atoms with Crippen LogP contribution in [-0.4, -0.2) is 0 Å². The van der Waals surface area contributed by atoms with Crippen LogP contribution in [0.3, 0.4) is 0 Å². The van der Waals surface area contributed by atoms with E-state index in [1.165, 1.54) is 10.8 Å². The molecule has 3 rings (SSSR count). The largest absolute Gasteiger partial charge is 0.457 e. The van der Waals surface area contributed by atoms with E-state index in [0.29, 0.717) is 0 Å². The molecular weight excluding hydrogens is 208 g/mol. The normalized spacial score (nSPS) is 10.4. The lowest BCUT2D eigenvalue weighted by molar-refractivity contribution is 0.483. The first-order chi connectivity index (χ1) is 8.42. The van der Waals surface area contributed by atoms with E-state index in [4.69, 9.17) is 4.74 Å². The summed E-state index contributed by atoms with van der Waals surface area (Å²) in [6.07, 6.45) is 0. The highest BCUT2D eigenvalue weighted by molar-refractivity contribution is 5.83. The molecule has 0 spiro atoms. The molecule has 1 radical (unpaired) electrons. The van der Waals surface area contributed by atoms with Crippen LogP contribution < -0.4 is 4.74 Å². The Morgan fingerprint density at radius 2 is 1.65 bits per heavy atom. The average Bonchev–Trinajstić information content (AvgIpc) is 2.40. The van der Waals surface area contributed by atoms with E-state index in [0.717, 1.165) is 11.5 Å². The smallest absolute Gasteiger partial charge is 0.128 e. The van der Waals surface area contributed by atoms with E-state index >= 15 is 0 Å². The van der Waals surface area contributed by atoms with Crippen LogP contribution >= 0.6 is 0 Å². The van der Waals surface area contributed by atoms with E-state index in [1.807, 2.05) is 48.5 Å². The second-order valence-electron chi connectivity index (χ2n) is 3.85. The monoisotopic (exact) mass is 219 g/mol. The number of hydrogen-bond donors (Lipinski definition) is 0. The first kappa shape index (κ1) is 9.91. The first-order valence-corrected chi connectivity index (χ1v) is 5.54. The maximum absolute atomic E-state index is 5.76. The minimum atomic E-state index is 0.808. The SMILES string of the molecule is [c]1cccc(Oc2ccc3ccccc3c2)c1. The summed E-state index contributed by atoms with van der Waals surface area (Å²) in [5, 5.41) is 2.41. The molecule has 0 atom stereocenters. The lowest BCUT2D eigenvalue weighted by Crippen LogP contribution is -1.83. The van der Waals surface area contributed by atoms with Crippen LogP contribution in [0.4, 0.5) is 0 Å². The third-order valence-electron chi connectivity index (χ3n) is 2.64. The molecule has 0 N–H and O–H groups in total. The van der Waals surface area contributed by atoms with Crippen molar-refractivity contribution in [1.29, 1.82) is 0 Å². The summed E-state index contributed by atoms with van der Waals surface area (Å²) in [4.78, 5) is 0. The van der Waals surface area contributed by atoms with Crippen LogP contribution in [0.25, 0.3) is 10.8 Å². The Morgan fingerprint density at radius 3 is 2.47 bits per heavy atom. The summed E-state index contributed by atoms with van der Waals surface area (Å²) in [7, 11) is 0. The summed E-state index contributed by atoms with van der Waals surface area (Å²) in [5.74, 6) is 1.66. The van der Waals surface area contributed by atoms with Gasteiger partial charge in [-0.1, -0.05) is 42.5 Å². The van der Waals surface area contributed by atoms with Gasteiger partial charge in [0.25, 0.3) is 0 Å². The summed E-state index contributed by atoms with van der Waals surface area (Å²) in [6.45, 7) is 0. The molecule has 0 aromatic heterocycles. The van der Waals surface area contributed by atoms with E-state index in [-0.39, 0.29) is 0 Å². The Morgan fingerprint density at radius 1 is 0.765 bits per heavy atom. The second kappa shape index (κ2) is 4.30. The number of benzene rings is 3. The molecule has 0 saturated carbocycles. The van der Waals surface area contributed by atoms with Crippen molar-refractivity contribution >= 4 is 10.8 Å². The van der Waals surface area contributed by atoms with Crippen LogP contribution in [0.5, 0.6) is 11.5 Å². The lowest BCUT2D eigenvalue weighted by Gasteiger charge is -2.06. The maximum Gasteiger partial charge on any atom is 0.128 e. The Balaban J connectivity index is 1.96. The van der Waals surface area contributed by atoms with Crippen molar-refractivity contribution < 1.29 is 4.74 Å². The molecule has 0 unspecified atom stereocenters. The third kappa shape index (κ3) is 2.13. The predicted octanol–water partition coefficient (Wildman–Crippen LogP) is 4.43. The quantitative estimate of drug-likeness (QED) is 0.619. The van der Waals surface area contributed by atoms with E-state index in [2.05, 4.69) is 24.3 Å². The molecule has 0 amide bonds. The van der Waals surface area contributed by atoms with Gasteiger partial charge in [-0.2, -0.15) is 0 Å². The molecule has 17 heavy (non-hydrogen) atoms. The fourth-order valence-corrected chi connectivity index (χ4v) is 1.81. The van der Waals surface area contributed by atoms with Crippen molar-refractivity contribution in [2.75, 3.05) is 0 Å². The van der Waals surface area contributed by atoms with Crippen molar-refractivity contribution in [3.8, 4) is 11.5 Å². The topological polar surface area (TPSA) is 9.23 Å². The lowest BCUT2D eigenvalue weighted by atomic mass is 10.1. The molecule has 1 heteroatoms. The molecule has 0 aliphatic rings. The molecule has 0 saturated heterocycles. The van der Waals surface area contributed by atoms with Gasteiger partial charge in [-0.05, 0) is 41.1 Å². The van der Waals surface area contributed by atoms with Crippen molar-refractivity contribution in [2.45, 2.75) is 0 Å². The Kier molecular flexibility index (Phi) is 2.51. The molecule has 1 nitrogen and oxygen atoms in total. The van der Waals surface area contributed by atoms with Gasteiger partial charge >= 0.3 is 0 Å². The van der Waals surface area contributed by atoms with Gasteiger partial charge in [0, 0.05) is 0 Å². The third-order valence-corrected chi connectivity index (χ3v) is 2.64. The van der Waals surface area contributed by atoms with Crippen molar-refractivity contribution in [3.05, 3.63) is 72.8 Å². The molecule has 0 fully saturated rings. The molecule has 0 bridgehead atoms. The van der Waals surface area contributed by atoms with Gasteiger partial charge in [0.1, 0.15) is 11.5 Å². The zero-order valence-electron chi connectivity index (χ0n) is 9.26. The van der Waals surface area contributed by atoms with Gasteiger partial charge in [0.05, 0.1) is 0 Å². The van der Waals surface area contributed by atoms with Gasteiger partial charge in [-0.3, -0.25) is 0 Å². The molecule has 0 aliphatic carbocycles. The molecular formula is C16H11O. The number of ether oxygens (including phenoxy) is 1. The van der Waals surface area contributed by atoms with Gasteiger partial charge < -0.3 is 4.74 Å². The summed E-state index contributed by atoms with van der Waals surface area (Å²) in [5.41, 5.74) is 0. The Bertz CT molecular complexity index is 629. The van der Waals surface area contributed by atoms with Crippen LogP contribution in [0, 0.1) is 6.07 Å². The first-order valence-electron chi connectivity index (χ1n) is 5.54. The van der Waals surface area contributed by atoms with Crippen LogP contribution in [0.15, 0.2) is 66.7 Å². The summed E-state index contributed by atoms with van der Waals surface area (Å²) < 4.78 is 5.76. The molecule has 0 heterocycles. The van der Waals surface area contributed by atoms with Gasteiger partial charge in [-0.15, -0.1) is 0 Å². The second-order valence-corrected chi connectivity index (χ2v) is 3.85. The highest BCUT2D eigenvalue weighted by Gasteiger charge is 1.98. The Hall–Kier alpha value is -2.28. The van der Waals surface area contributed by atoms with Gasteiger partial charge in [0.15, 0.2) is 0 Å². The Labute approximate surface area is 100 Å². The molecule has 81 valence electrons. The van der Waals surface area contributed by atoms with E-state index in [9.17, 15) is 0 Å². The van der Waals surface area contributed by atoms with Crippen LogP contribution in [0.1, 0.15) is 0 Å². The average molecular weight is 219 g/mol. The van der Waals surface area contributed by atoms with Gasteiger partial charge in [-0.25, -0.2) is 0 Å². The standard InChI is InChI=1S/C16H11O/c1-2-8-15(9-3-1)17-16-11-10-13-6-4-5-7-14(13)12-16/h1-2,4-12H. The highest BCUT2D eigenvalue weighted by atomic mass is 16.5. The fraction of sp³-hybridized carbons (Fsp3) is 0. The highest BCUT2D eigenvalue weighted by Crippen LogP contribution is 2.25. The minimum Gasteiger partial charge on any atom is -0.457 e. The molecule has 3 aromatic rings. The van der Waals surface area contributed by atoms with Crippen molar-refractivity contribution in [1.82, 2.24) is 0 Å². The zero-order valence-corrected chi connectivity index (χ0v) is 9.26. The number of fused-ring (bicyclic) bond motifs is 1. The summed E-state index contributed by atoms with van der Waals surface area (Å²) >= 11 is 0. The number of rotatable bonds is 2. The zero-order chi connectivity index (χ0) is 11.5. The van der Waals surface area contributed by atoms with E-state index < -0.39 is 0 Å². The van der Waals surface area contributed by atoms with E-state index in [1.54, 1.807) is 0 Å². The maximum atomic E-state index is 5.76. The number of hydrogen-bond acceptors (Lipinski definition) is 1. The van der Waals surface area contributed by atoms with Crippen LogP contribution in [0.2, 0.25) is 0 Å². The van der Waals surface area contributed by atoms with Crippen LogP contribution in [-0.2, 0) is 0 Å². The minimum absolute atomic E-state index is 0.808.